The second kappa shape index (κ2) is 3.30. The third kappa shape index (κ3) is 1.67. The van der Waals surface area contributed by atoms with E-state index < -0.39 is 0 Å². The van der Waals surface area contributed by atoms with Gasteiger partial charge in [-0.2, -0.15) is 4.98 Å². The Morgan fingerprint density at radius 1 is 1.20 bits per heavy atom. The van der Waals surface area contributed by atoms with Crippen LogP contribution >= 0.6 is 0 Å². The molecule has 0 bridgehead atoms. The molecule has 0 spiro atoms. The summed E-state index contributed by atoms with van der Waals surface area (Å²) in [5.74, 6) is 2.07. The number of rotatable bonds is 2. The van der Waals surface area contributed by atoms with Crippen LogP contribution in [0.2, 0.25) is 0 Å². The molecular weight excluding hydrogens is 190 g/mol. The minimum absolute atomic E-state index is 0.311. The van der Waals surface area contributed by atoms with E-state index in [2.05, 4.69) is 10.1 Å². The van der Waals surface area contributed by atoms with Gasteiger partial charge in [-0.05, 0) is 25.7 Å². The van der Waals surface area contributed by atoms with Crippen molar-refractivity contribution < 1.29 is 4.52 Å². The van der Waals surface area contributed by atoms with Crippen LogP contribution in [0.15, 0.2) is 4.52 Å². The van der Waals surface area contributed by atoms with Crippen molar-refractivity contribution in [2.45, 2.75) is 56.4 Å². The molecule has 4 heteroatoms. The maximum atomic E-state index is 6.33. The first-order valence-electron chi connectivity index (χ1n) is 5.91. The highest BCUT2D eigenvalue weighted by Gasteiger charge is 2.37. The number of hydrogen-bond donors (Lipinski definition) is 1. The lowest BCUT2D eigenvalue weighted by Gasteiger charge is -2.29. The van der Waals surface area contributed by atoms with Gasteiger partial charge in [-0.25, -0.2) is 0 Å². The molecule has 2 N–H and O–H groups in total. The highest BCUT2D eigenvalue weighted by atomic mass is 16.5. The second-order valence-electron chi connectivity index (χ2n) is 4.95. The van der Waals surface area contributed by atoms with Crippen LogP contribution in [-0.2, 0) is 5.54 Å². The van der Waals surface area contributed by atoms with Crippen molar-refractivity contribution in [3.63, 3.8) is 0 Å². The maximum Gasteiger partial charge on any atom is 0.229 e. The first kappa shape index (κ1) is 9.33. The summed E-state index contributed by atoms with van der Waals surface area (Å²) in [5.41, 5.74) is 6.02. The summed E-state index contributed by atoms with van der Waals surface area (Å²) in [6, 6.07) is 0. The number of hydrogen-bond acceptors (Lipinski definition) is 4. The van der Waals surface area contributed by atoms with Crippen LogP contribution in [0.3, 0.4) is 0 Å². The molecule has 0 saturated heterocycles. The van der Waals surface area contributed by atoms with Crippen LogP contribution in [0.5, 0.6) is 0 Å². The summed E-state index contributed by atoms with van der Waals surface area (Å²) in [6.45, 7) is 0. The third-order valence-electron chi connectivity index (χ3n) is 3.56. The Kier molecular flexibility index (Phi) is 2.06. The maximum absolute atomic E-state index is 6.33. The van der Waals surface area contributed by atoms with Gasteiger partial charge in [0.15, 0.2) is 5.82 Å². The minimum atomic E-state index is -0.311. The van der Waals surface area contributed by atoms with Crippen molar-refractivity contribution in [2.24, 2.45) is 5.73 Å². The van der Waals surface area contributed by atoms with Gasteiger partial charge in [-0.1, -0.05) is 24.4 Å². The van der Waals surface area contributed by atoms with Gasteiger partial charge >= 0.3 is 0 Å². The largest absolute Gasteiger partial charge is 0.339 e. The summed E-state index contributed by atoms with van der Waals surface area (Å²) < 4.78 is 5.27. The second-order valence-corrected chi connectivity index (χ2v) is 4.95. The molecule has 0 aromatic carbocycles. The normalized spacial score (nSPS) is 25.4. The van der Waals surface area contributed by atoms with Crippen molar-refractivity contribution in [1.29, 1.82) is 0 Å². The van der Waals surface area contributed by atoms with Gasteiger partial charge in [-0.15, -0.1) is 0 Å². The summed E-state index contributed by atoms with van der Waals surface area (Å²) in [7, 11) is 0. The third-order valence-corrected chi connectivity index (χ3v) is 3.56. The predicted molar refractivity (Wildman–Crippen MR) is 55.2 cm³/mol. The van der Waals surface area contributed by atoms with Gasteiger partial charge in [0.25, 0.3) is 0 Å². The molecule has 0 atom stereocenters. The minimum Gasteiger partial charge on any atom is -0.339 e. The highest BCUT2D eigenvalue weighted by Crippen LogP contribution is 2.40. The summed E-state index contributed by atoms with van der Waals surface area (Å²) in [5, 5.41) is 4.06. The Morgan fingerprint density at radius 2 is 1.93 bits per heavy atom. The molecule has 2 aliphatic rings. The van der Waals surface area contributed by atoms with E-state index in [0.717, 1.165) is 24.6 Å². The van der Waals surface area contributed by atoms with Crippen molar-refractivity contribution in [1.82, 2.24) is 10.1 Å². The van der Waals surface area contributed by atoms with E-state index in [1.54, 1.807) is 0 Å². The fourth-order valence-corrected chi connectivity index (χ4v) is 2.34. The predicted octanol–water partition coefficient (Wildman–Crippen LogP) is 2.07. The molecule has 1 aromatic rings. The first-order chi connectivity index (χ1) is 7.28. The van der Waals surface area contributed by atoms with Crippen LogP contribution in [0, 0.1) is 0 Å². The average Bonchev–Trinajstić information content (AvgIpc) is 2.97. The van der Waals surface area contributed by atoms with Crippen LogP contribution < -0.4 is 5.73 Å². The van der Waals surface area contributed by atoms with Crippen molar-refractivity contribution in [3.05, 3.63) is 11.7 Å². The molecule has 3 rings (SSSR count). The van der Waals surface area contributed by atoms with E-state index in [9.17, 15) is 0 Å². The topological polar surface area (TPSA) is 64.9 Å². The van der Waals surface area contributed by atoms with E-state index >= 15 is 0 Å². The Bertz CT molecular complexity index is 350. The SMILES string of the molecule is NC1(c2noc(C3CC3)n2)CCCCC1. The molecule has 0 radical (unpaired) electrons. The van der Waals surface area contributed by atoms with E-state index in [1.165, 1.54) is 32.1 Å². The molecule has 0 amide bonds. The highest BCUT2D eigenvalue weighted by molar-refractivity contribution is 5.09. The standard InChI is InChI=1S/C11H17N3O/c12-11(6-2-1-3-7-11)10-13-9(15-14-10)8-4-5-8/h8H,1-7,12H2. The van der Waals surface area contributed by atoms with E-state index in [0.29, 0.717) is 5.92 Å². The molecule has 0 aliphatic heterocycles. The van der Waals surface area contributed by atoms with Crippen molar-refractivity contribution in [2.75, 3.05) is 0 Å². The Balaban J connectivity index is 1.83. The molecule has 2 saturated carbocycles. The van der Waals surface area contributed by atoms with Crippen LogP contribution in [0.4, 0.5) is 0 Å². The lowest BCUT2D eigenvalue weighted by molar-refractivity contribution is 0.273. The molecule has 2 fully saturated rings. The molecule has 1 heterocycles. The summed E-state index contributed by atoms with van der Waals surface area (Å²) in [6.07, 6.45) is 8.03. The molecule has 2 aliphatic carbocycles. The zero-order valence-corrected chi connectivity index (χ0v) is 8.91. The molecular formula is C11H17N3O. The summed E-state index contributed by atoms with van der Waals surface area (Å²) in [4.78, 5) is 4.46. The van der Waals surface area contributed by atoms with Crippen LogP contribution in [0.1, 0.15) is 62.6 Å². The Hall–Kier alpha value is -0.900. The van der Waals surface area contributed by atoms with Crippen LogP contribution in [0.25, 0.3) is 0 Å². The average molecular weight is 207 g/mol. The number of nitrogens with two attached hydrogens (primary N) is 1. The fourth-order valence-electron chi connectivity index (χ4n) is 2.34. The number of nitrogens with zero attached hydrogens (tertiary/aromatic N) is 2. The molecule has 15 heavy (non-hydrogen) atoms. The van der Waals surface area contributed by atoms with Gasteiger partial charge in [-0.3, -0.25) is 0 Å². The molecule has 82 valence electrons. The lowest BCUT2D eigenvalue weighted by Crippen LogP contribution is -2.39. The van der Waals surface area contributed by atoms with Gasteiger partial charge in [0.05, 0.1) is 5.54 Å². The monoisotopic (exact) mass is 207 g/mol. The van der Waals surface area contributed by atoms with Gasteiger partial charge in [0.2, 0.25) is 5.89 Å². The van der Waals surface area contributed by atoms with Gasteiger partial charge in [0.1, 0.15) is 0 Å². The zero-order valence-electron chi connectivity index (χ0n) is 8.91. The van der Waals surface area contributed by atoms with Crippen LogP contribution in [-0.4, -0.2) is 10.1 Å². The van der Waals surface area contributed by atoms with E-state index in [4.69, 9.17) is 10.3 Å². The number of aromatic nitrogens is 2. The van der Waals surface area contributed by atoms with E-state index in [-0.39, 0.29) is 5.54 Å². The Morgan fingerprint density at radius 3 is 2.60 bits per heavy atom. The van der Waals surface area contributed by atoms with Gasteiger partial charge < -0.3 is 10.3 Å². The molecule has 4 nitrogen and oxygen atoms in total. The summed E-state index contributed by atoms with van der Waals surface area (Å²) >= 11 is 0. The van der Waals surface area contributed by atoms with E-state index in [1.807, 2.05) is 0 Å². The van der Waals surface area contributed by atoms with Crippen molar-refractivity contribution in [3.8, 4) is 0 Å². The van der Waals surface area contributed by atoms with Crippen molar-refractivity contribution >= 4 is 0 Å². The molecule has 1 aromatic heterocycles. The zero-order chi connectivity index (χ0) is 10.3. The lowest BCUT2D eigenvalue weighted by atomic mass is 9.82. The Labute approximate surface area is 89.2 Å². The first-order valence-corrected chi connectivity index (χ1v) is 5.91. The fraction of sp³-hybridized carbons (Fsp3) is 0.818. The quantitative estimate of drug-likeness (QED) is 0.806. The molecule has 0 unspecified atom stereocenters. The smallest absolute Gasteiger partial charge is 0.229 e. The van der Waals surface area contributed by atoms with Gasteiger partial charge in [0, 0.05) is 5.92 Å².